The standard InChI is InChI=1S/C22H27N3O2/c1-2-16-24-21(15-12-19-10-13-20(26)14-11-19)23-25(22(24)27)17-6-9-18-7-4-3-5-8-18/h3-5,7-8,10-11,13-14,26H,2,6,9,12,15-17H2,1H3. The molecule has 0 saturated carbocycles. The Morgan fingerprint density at radius 1 is 0.889 bits per heavy atom. The zero-order valence-corrected chi connectivity index (χ0v) is 15.8. The number of hydrogen-bond donors (Lipinski definition) is 1. The van der Waals surface area contributed by atoms with E-state index in [9.17, 15) is 9.90 Å². The molecular formula is C22H27N3O2. The van der Waals surface area contributed by atoms with Crippen LogP contribution in [0.15, 0.2) is 59.4 Å². The van der Waals surface area contributed by atoms with Crippen LogP contribution in [0.3, 0.4) is 0 Å². The third kappa shape index (κ3) is 5.09. The van der Waals surface area contributed by atoms with Crippen LogP contribution in [-0.2, 0) is 32.4 Å². The summed E-state index contributed by atoms with van der Waals surface area (Å²) in [7, 11) is 0. The van der Waals surface area contributed by atoms with Crippen molar-refractivity contribution in [1.29, 1.82) is 0 Å². The van der Waals surface area contributed by atoms with Gasteiger partial charge in [-0.15, -0.1) is 0 Å². The van der Waals surface area contributed by atoms with Crippen molar-refractivity contribution >= 4 is 0 Å². The van der Waals surface area contributed by atoms with Crippen LogP contribution in [0.5, 0.6) is 5.75 Å². The second-order valence-corrected chi connectivity index (χ2v) is 6.83. The van der Waals surface area contributed by atoms with Gasteiger partial charge in [-0.3, -0.25) is 4.57 Å². The average molecular weight is 365 g/mol. The second kappa shape index (κ2) is 9.21. The SMILES string of the molecule is CCCn1c(CCc2ccc(O)cc2)nn(CCCc2ccccc2)c1=O. The number of aryl methyl sites for hydroxylation is 4. The number of phenols is 1. The molecule has 142 valence electrons. The van der Waals surface area contributed by atoms with E-state index in [1.165, 1.54) is 5.56 Å². The van der Waals surface area contributed by atoms with Gasteiger partial charge in [0.1, 0.15) is 11.6 Å². The molecule has 0 unspecified atom stereocenters. The van der Waals surface area contributed by atoms with Gasteiger partial charge in [-0.1, -0.05) is 49.4 Å². The maximum Gasteiger partial charge on any atom is 0.345 e. The number of nitrogens with zero attached hydrogens (tertiary/aromatic N) is 3. The predicted molar refractivity (Wildman–Crippen MR) is 107 cm³/mol. The van der Waals surface area contributed by atoms with Crippen LogP contribution in [0.2, 0.25) is 0 Å². The highest BCUT2D eigenvalue weighted by Crippen LogP contribution is 2.12. The van der Waals surface area contributed by atoms with Crippen LogP contribution in [0, 0.1) is 0 Å². The van der Waals surface area contributed by atoms with Crippen molar-refractivity contribution in [2.24, 2.45) is 0 Å². The fraction of sp³-hybridized carbons (Fsp3) is 0.364. The molecule has 5 nitrogen and oxygen atoms in total. The number of phenolic OH excluding ortho intramolecular Hbond substituents is 1. The second-order valence-electron chi connectivity index (χ2n) is 6.83. The van der Waals surface area contributed by atoms with Crippen molar-refractivity contribution in [3.05, 3.63) is 82.0 Å². The molecule has 1 heterocycles. The molecule has 3 rings (SSSR count). The summed E-state index contributed by atoms with van der Waals surface area (Å²) in [6, 6.07) is 17.5. The normalized spacial score (nSPS) is 11.0. The maximum atomic E-state index is 12.7. The van der Waals surface area contributed by atoms with E-state index in [1.54, 1.807) is 16.8 Å². The summed E-state index contributed by atoms with van der Waals surface area (Å²) in [6.45, 7) is 3.40. The molecule has 0 saturated heterocycles. The van der Waals surface area contributed by atoms with Crippen molar-refractivity contribution in [2.75, 3.05) is 0 Å². The van der Waals surface area contributed by atoms with E-state index < -0.39 is 0 Å². The maximum absolute atomic E-state index is 12.7. The molecule has 0 spiro atoms. The Bertz CT molecular complexity index is 896. The minimum atomic E-state index is -0.00869. The Labute approximate surface area is 159 Å². The molecular weight excluding hydrogens is 338 g/mol. The third-order valence-electron chi connectivity index (χ3n) is 4.70. The van der Waals surface area contributed by atoms with Gasteiger partial charge in [-0.25, -0.2) is 9.48 Å². The van der Waals surface area contributed by atoms with E-state index in [1.807, 2.05) is 34.9 Å². The fourth-order valence-electron chi connectivity index (χ4n) is 3.26. The molecule has 0 bridgehead atoms. The highest BCUT2D eigenvalue weighted by atomic mass is 16.3. The van der Waals surface area contributed by atoms with E-state index >= 15 is 0 Å². The van der Waals surface area contributed by atoms with Crippen LogP contribution >= 0.6 is 0 Å². The molecule has 1 aromatic heterocycles. The summed E-state index contributed by atoms with van der Waals surface area (Å²) in [5.41, 5.74) is 2.40. The first-order valence-corrected chi connectivity index (χ1v) is 9.65. The van der Waals surface area contributed by atoms with Crippen molar-refractivity contribution in [2.45, 2.75) is 52.1 Å². The molecule has 0 amide bonds. The molecule has 0 aliphatic heterocycles. The van der Waals surface area contributed by atoms with Gasteiger partial charge in [0.2, 0.25) is 0 Å². The van der Waals surface area contributed by atoms with Gasteiger partial charge < -0.3 is 5.11 Å². The van der Waals surface area contributed by atoms with E-state index in [4.69, 9.17) is 0 Å². The molecule has 0 atom stereocenters. The van der Waals surface area contributed by atoms with Crippen LogP contribution in [0.1, 0.15) is 36.7 Å². The van der Waals surface area contributed by atoms with Gasteiger partial charge in [-0.2, -0.15) is 5.10 Å². The number of aromatic nitrogens is 3. The van der Waals surface area contributed by atoms with Gasteiger partial charge in [-0.05, 0) is 48.9 Å². The van der Waals surface area contributed by atoms with Gasteiger partial charge in [0, 0.05) is 19.5 Å². The molecule has 3 aromatic rings. The highest BCUT2D eigenvalue weighted by Gasteiger charge is 2.12. The van der Waals surface area contributed by atoms with Crippen molar-refractivity contribution < 1.29 is 5.11 Å². The largest absolute Gasteiger partial charge is 0.508 e. The summed E-state index contributed by atoms with van der Waals surface area (Å²) in [4.78, 5) is 12.7. The number of aromatic hydroxyl groups is 1. The molecule has 1 N–H and O–H groups in total. The van der Waals surface area contributed by atoms with Gasteiger partial charge in [0.15, 0.2) is 0 Å². The lowest BCUT2D eigenvalue weighted by molar-refractivity contribution is 0.475. The van der Waals surface area contributed by atoms with Crippen molar-refractivity contribution in [1.82, 2.24) is 14.3 Å². The number of rotatable bonds is 9. The lowest BCUT2D eigenvalue weighted by atomic mass is 10.1. The minimum Gasteiger partial charge on any atom is -0.508 e. The monoisotopic (exact) mass is 365 g/mol. The Balaban J connectivity index is 1.66. The predicted octanol–water partition coefficient (Wildman–Crippen LogP) is 3.58. The van der Waals surface area contributed by atoms with Gasteiger partial charge in [0.25, 0.3) is 0 Å². The first-order valence-electron chi connectivity index (χ1n) is 9.65. The topological polar surface area (TPSA) is 60.0 Å². The zero-order chi connectivity index (χ0) is 19.1. The summed E-state index contributed by atoms with van der Waals surface area (Å²) < 4.78 is 3.42. The van der Waals surface area contributed by atoms with Gasteiger partial charge >= 0.3 is 5.69 Å². The quantitative estimate of drug-likeness (QED) is 0.630. The number of hydrogen-bond acceptors (Lipinski definition) is 3. The van der Waals surface area contributed by atoms with E-state index in [-0.39, 0.29) is 11.4 Å². The van der Waals surface area contributed by atoms with Crippen LogP contribution < -0.4 is 5.69 Å². The molecule has 0 aliphatic carbocycles. The minimum absolute atomic E-state index is 0.00869. The lowest BCUT2D eigenvalue weighted by Crippen LogP contribution is -2.25. The summed E-state index contributed by atoms with van der Waals surface area (Å²) in [5.74, 6) is 1.11. The third-order valence-corrected chi connectivity index (χ3v) is 4.70. The van der Waals surface area contributed by atoms with Crippen LogP contribution in [0.4, 0.5) is 0 Å². The van der Waals surface area contributed by atoms with E-state index in [2.05, 4.69) is 24.2 Å². The zero-order valence-electron chi connectivity index (χ0n) is 15.8. The van der Waals surface area contributed by atoms with E-state index in [0.29, 0.717) is 19.5 Å². The van der Waals surface area contributed by atoms with Gasteiger partial charge in [0.05, 0.1) is 0 Å². The highest BCUT2D eigenvalue weighted by molar-refractivity contribution is 5.26. The molecule has 2 aromatic carbocycles. The van der Waals surface area contributed by atoms with Crippen LogP contribution in [0.25, 0.3) is 0 Å². The average Bonchev–Trinajstić information content (AvgIpc) is 2.98. The van der Waals surface area contributed by atoms with Crippen molar-refractivity contribution in [3.63, 3.8) is 0 Å². The lowest BCUT2D eigenvalue weighted by Gasteiger charge is -2.04. The summed E-state index contributed by atoms with van der Waals surface area (Å²) >= 11 is 0. The smallest absolute Gasteiger partial charge is 0.345 e. The molecule has 0 aliphatic rings. The summed E-state index contributed by atoms with van der Waals surface area (Å²) in [6.07, 6.45) is 4.25. The molecule has 5 heteroatoms. The van der Waals surface area contributed by atoms with Crippen molar-refractivity contribution in [3.8, 4) is 5.75 Å². The fourth-order valence-corrected chi connectivity index (χ4v) is 3.26. The Kier molecular flexibility index (Phi) is 6.47. The summed E-state index contributed by atoms with van der Waals surface area (Å²) in [5, 5.41) is 14.0. The number of benzene rings is 2. The van der Waals surface area contributed by atoms with E-state index in [0.717, 1.165) is 37.1 Å². The Morgan fingerprint density at radius 2 is 1.59 bits per heavy atom. The molecule has 0 fully saturated rings. The first kappa shape index (κ1) is 19.0. The first-order chi connectivity index (χ1) is 13.2. The van der Waals surface area contributed by atoms with Crippen LogP contribution in [-0.4, -0.2) is 19.5 Å². The molecule has 27 heavy (non-hydrogen) atoms. The molecule has 0 radical (unpaired) electrons. The Hall–Kier alpha value is -2.82. The Morgan fingerprint density at radius 3 is 2.30 bits per heavy atom.